The largest absolute Gasteiger partial charge is 0.463 e. The van der Waals surface area contributed by atoms with E-state index in [1.807, 2.05) is 16.3 Å². The molecule has 0 radical (unpaired) electrons. The van der Waals surface area contributed by atoms with Gasteiger partial charge in [0.05, 0.1) is 29.1 Å². The SMILES string of the molecule is CCOC(=O)C1N=CC2=CN=Cc3sccc3N21. The van der Waals surface area contributed by atoms with Crippen molar-refractivity contribution in [1.82, 2.24) is 0 Å². The van der Waals surface area contributed by atoms with E-state index in [0.29, 0.717) is 6.61 Å². The van der Waals surface area contributed by atoms with Crippen molar-refractivity contribution < 1.29 is 9.53 Å². The zero-order valence-electron chi connectivity index (χ0n) is 9.74. The topological polar surface area (TPSA) is 54.3 Å². The smallest absolute Gasteiger partial charge is 0.352 e. The minimum Gasteiger partial charge on any atom is -0.463 e. The second kappa shape index (κ2) is 4.38. The van der Waals surface area contributed by atoms with Gasteiger partial charge in [-0.05, 0) is 18.4 Å². The number of nitrogens with zero attached hydrogens (tertiary/aromatic N) is 3. The quantitative estimate of drug-likeness (QED) is 0.763. The second-order valence-electron chi connectivity index (χ2n) is 3.78. The van der Waals surface area contributed by atoms with E-state index in [4.69, 9.17) is 4.74 Å². The zero-order valence-corrected chi connectivity index (χ0v) is 10.6. The number of carbonyl (C=O) groups is 1. The number of allylic oxidation sites excluding steroid dienone is 1. The van der Waals surface area contributed by atoms with E-state index < -0.39 is 6.17 Å². The number of anilines is 1. The van der Waals surface area contributed by atoms with Crippen LogP contribution < -0.4 is 4.90 Å². The highest BCUT2D eigenvalue weighted by Crippen LogP contribution is 2.33. The third-order valence-electron chi connectivity index (χ3n) is 2.70. The molecule has 3 heterocycles. The molecular formula is C12H11N3O2S. The van der Waals surface area contributed by atoms with Gasteiger partial charge in [0.25, 0.3) is 0 Å². The fourth-order valence-electron chi connectivity index (χ4n) is 1.96. The standard InChI is InChI=1S/C12H11N3O2S/c1-2-17-12(16)11-14-6-8-5-13-7-10-9(15(8)11)3-4-18-10/h3-7,11H,2H2,1H3. The van der Waals surface area contributed by atoms with E-state index in [2.05, 4.69) is 9.98 Å². The lowest BCUT2D eigenvalue weighted by Crippen LogP contribution is -2.36. The zero-order chi connectivity index (χ0) is 12.5. The molecule has 0 amide bonds. The number of aliphatic imine (C=N–C) groups is 2. The van der Waals surface area contributed by atoms with Crippen LogP contribution in [0.4, 0.5) is 5.69 Å². The molecule has 5 nitrogen and oxygen atoms in total. The molecule has 18 heavy (non-hydrogen) atoms. The molecule has 1 aromatic heterocycles. The Balaban J connectivity index is 2.00. The predicted octanol–water partition coefficient (Wildman–Crippen LogP) is 1.80. The van der Waals surface area contributed by atoms with E-state index in [-0.39, 0.29) is 5.97 Å². The van der Waals surface area contributed by atoms with Gasteiger partial charge in [0, 0.05) is 12.4 Å². The first-order valence-corrected chi connectivity index (χ1v) is 6.49. The summed E-state index contributed by atoms with van der Waals surface area (Å²) >= 11 is 1.58. The average Bonchev–Trinajstić information content (AvgIpc) is 2.93. The van der Waals surface area contributed by atoms with Crippen molar-refractivity contribution in [1.29, 1.82) is 0 Å². The number of rotatable bonds is 2. The number of ether oxygens (including phenoxy) is 1. The summed E-state index contributed by atoms with van der Waals surface area (Å²) in [4.78, 5) is 23.2. The Morgan fingerprint density at radius 1 is 1.56 bits per heavy atom. The molecule has 92 valence electrons. The van der Waals surface area contributed by atoms with Gasteiger partial charge in [-0.15, -0.1) is 11.3 Å². The maximum atomic E-state index is 11.9. The van der Waals surface area contributed by atoms with Gasteiger partial charge in [-0.1, -0.05) is 0 Å². The molecule has 6 heteroatoms. The normalized spacial score (nSPS) is 20.2. The van der Waals surface area contributed by atoms with Gasteiger partial charge in [0.2, 0.25) is 6.17 Å². The molecule has 0 saturated carbocycles. The average molecular weight is 261 g/mol. The summed E-state index contributed by atoms with van der Waals surface area (Å²) in [7, 11) is 0. The lowest BCUT2D eigenvalue weighted by Gasteiger charge is -2.23. The molecule has 2 aliphatic heterocycles. The van der Waals surface area contributed by atoms with E-state index >= 15 is 0 Å². The summed E-state index contributed by atoms with van der Waals surface area (Å²) in [6, 6.07) is 1.96. The molecule has 0 aliphatic carbocycles. The van der Waals surface area contributed by atoms with Crippen molar-refractivity contribution in [2.45, 2.75) is 13.1 Å². The van der Waals surface area contributed by atoms with Gasteiger partial charge in [-0.2, -0.15) is 0 Å². The van der Waals surface area contributed by atoms with Gasteiger partial charge in [0.15, 0.2) is 0 Å². The first-order valence-electron chi connectivity index (χ1n) is 5.61. The van der Waals surface area contributed by atoms with Crippen LogP contribution in [-0.4, -0.2) is 31.2 Å². The highest BCUT2D eigenvalue weighted by Gasteiger charge is 2.35. The van der Waals surface area contributed by atoms with Crippen molar-refractivity contribution >= 4 is 35.4 Å². The van der Waals surface area contributed by atoms with Crippen molar-refractivity contribution in [3.05, 3.63) is 28.2 Å². The van der Waals surface area contributed by atoms with Crippen molar-refractivity contribution in [3.8, 4) is 0 Å². The molecule has 0 N–H and O–H groups in total. The molecule has 1 atom stereocenters. The third kappa shape index (κ3) is 1.65. The van der Waals surface area contributed by atoms with Crippen molar-refractivity contribution in [3.63, 3.8) is 0 Å². The lowest BCUT2D eigenvalue weighted by atomic mass is 10.3. The molecular weight excluding hydrogens is 250 g/mol. The highest BCUT2D eigenvalue weighted by molar-refractivity contribution is 7.12. The number of carbonyl (C=O) groups excluding carboxylic acids is 1. The van der Waals surface area contributed by atoms with Gasteiger partial charge in [-0.25, -0.2) is 4.79 Å². The summed E-state index contributed by atoms with van der Waals surface area (Å²) < 4.78 is 5.05. The number of fused-ring (bicyclic) bond motifs is 3. The van der Waals surface area contributed by atoms with Crippen LogP contribution in [0.2, 0.25) is 0 Å². The first-order chi connectivity index (χ1) is 8.81. The summed E-state index contributed by atoms with van der Waals surface area (Å²) in [5, 5.41) is 1.97. The minimum atomic E-state index is -0.633. The summed E-state index contributed by atoms with van der Waals surface area (Å²) in [6.07, 6.45) is 4.52. The summed E-state index contributed by atoms with van der Waals surface area (Å²) in [5.41, 5.74) is 1.75. The van der Waals surface area contributed by atoms with Gasteiger partial charge in [0.1, 0.15) is 0 Å². The number of hydrogen-bond donors (Lipinski definition) is 0. The van der Waals surface area contributed by atoms with Crippen LogP contribution in [0.25, 0.3) is 0 Å². The Bertz CT molecular complexity index is 574. The van der Waals surface area contributed by atoms with Gasteiger partial charge in [-0.3, -0.25) is 9.98 Å². The van der Waals surface area contributed by atoms with Crippen molar-refractivity contribution in [2.75, 3.05) is 11.5 Å². The van der Waals surface area contributed by atoms with Crippen LogP contribution in [0.3, 0.4) is 0 Å². The fourth-order valence-corrected chi connectivity index (χ4v) is 2.71. The second-order valence-corrected chi connectivity index (χ2v) is 4.72. The van der Waals surface area contributed by atoms with Crippen LogP contribution in [0.1, 0.15) is 11.8 Å². The molecule has 3 rings (SSSR count). The van der Waals surface area contributed by atoms with Gasteiger partial charge < -0.3 is 9.64 Å². The van der Waals surface area contributed by atoms with E-state index in [0.717, 1.165) is 16.3 Å². The first kappa shape index (κ1) is 11.2. The molecule has 0 fully saturated rings. The van der Waals surface area contributed by atoms with E-state index in [1.165, 1.54) is 0 Å². The minimum absolute atomic E-state index is 0.337. The summed E-state index contributed by atoms with van der Waals surface area (Å²) in [6.45, 7) is 2.14. The van der Waals surface area contributed by atoms with E-state index in [9.17, 15) is 4.79 Å². The third-order valence-corrected chi connectivity index (χ3v) is 3.54. The Hall–Kier alpha value is -1.95. The Kier molecular flexibility index (Phi) is 2.71. The summed E-state index contributed by atoms with van der Waals surface area (Å²) in [5.74, 6) is -0.337. The van der Waals surface area contributed by atoms with Gasteiger partial charge >= 0.3 is 5.97 Å². The molecule has 0 aromatic carbocycles. The Labute approximate surface area is 108 Å². The highest BCUT2D eigenvalue weighted by atomic mass is 32.1. The molecule has 0 saturated heterocycles. The molecule has 1 aromatic rings. The maximum Gasteiger partial charge on any atom is 0.352 e. The Morgan fingerprint density at radius 3 is 3.28 bits per heavy atom. The molecule has 0 bridgehead atoms. The number of thiophene rings is 1. The van der Waals surface area contributed by atoms with Crippen LogP contribution in [0.5, 0.6) is 0 Å². The molecule has 0 spiro atoms. The van der Waals surface area contributed by atoms with E-state index in [1.54, 1.807) is 36.9 Å². The van der Waals surface area contributed by atoms with Crippen LogP contribution >= 0.6 is 11.3 Å². The lowest BCUT2D eigenvalue weighted by molar-refractivity contribution is -0.144. The molecule has 1 unspecified atom stereocenters. The number of hydrogen-bond acceptors (Lipinski definition) is 6. The molecule has 2 aliphatic rings. The van der Waals surface area contributed by atoms with Crippen molar-refractivity contribution in [2.24, 2.45) is 9.98 Å². The van der Waals surface area contributed by atoms with Crippen LogP contribution in [0.15, 0.2) is 33.3 Å². The predicted molar refractivity (Wildman–Crippen MR) is 71.4 cm³/mol. The maximum absolute atomic E-state index is 11.9. The van der Waals surface area contributed by atoms with Crippen LogP contribution in [-0.2, 0) is 9.53 Å². The fraction of sp³-hybridized carbons (Fsp3) is 0.250. The number of esters is 1. The van der Waals surface area contributed by atoms with Crippen LogP contribution in [0, 0.1) is 0 Å². The monoisotopic (exact) mass is 261 g/mol. The Morgan fingerprint density at radius 2 is 2.44 bits per heavy atom.